The van der Waals surface area contributed by atoms with E-state index in [1.54, 1.807) is 0 Å². The molecule has 0 heterocycles. The second-order valence-corrected chi connectivity index (χ2v) is 6.20. The molecule has 0 saturated heterocycles. The van der Waals surface area contributed by atoms with E-state index in [-0.39, 0.29) is 16.9 Å². The quantitative estimate of drug-likeness (QED) is 0.754. The van der Waals surface area contributed by atoms with Crippen molar-refractivity contribution in [3.05, 3.63) is 0 Å². The van der Waals surface area contributed by atoms with Gasteiger partial charge in [-0.2, -0.15) is 0 Å². The summed E-state index contributed by atoms with van der Waals surface area (Å²) in [7, 11) is 0. The Kier molecular flexibility index (Phi) is 4.00. The maximum absolute atomic E-state index is 11.5. The Morgan fingerprint density at radius 2 is 2.06 bits per heavy atom. The van der Waals surface area contributed by atoms with Crippen LogP contribution in [0.2, 0.25) is 0 Å². The second-order valence-electron chi connectivity index (χ2n) is 6.20. The number of rotatable bonds is 3. The van der Waals surface area contributed by atoms with Crippen molar-refractivity contribution in [2.75, 3.05) is 6.61 Å². The van der Waals surface area contributed by atoms with Gasteiger partial charge in [0.05, 0.1) is 13.0 Å². The van der Waals surface area contributed by atoms with Crippen LogP contribution in [0.25, 0.3) is 0 Å². The molecule has 2 atom stereocenters. The molecule has 1 fully saturated rings. The molecule has 0 spiro atoms. The van der Waals surface area contributed by atoms with Gasteiger partial charge in [0, 0.05) is 5.54 Å². The fraction of sp³-hybridized carbons (Fsp3) is 0.923. The maximum atomic E-state index is 11.5. The average molecular weight is 227 g/mol. The highest BCUT2D eigenvalue weighted by Crippen LogP contribution is 2.44. The molecule has 94 valence electrons. The van der Waals surface area contributed by atoms with Gasteiger partial charge >= 0.3 is 5.97 Å². The van der Waals surface area contributed by atoms with E-state index in [1.165, 1.54) is 6.42 Å². The highest BCUT2D eigenvalue weighted by Gasteiger charge is 2.41. The van der Waals surface area contributed by atoms with Gasteiger partial charge in [0.1, 0.15) is 0 Å². The van der Waals surface area contributed by atoms with Gasteiger partial charge in [-0.15, -0.1) is 0 Å². The minimum atomic E-state index is -0.368. The molecule has 0 aromatic rings. The van der Waals surface area contributed by atoms with Crippen LogP contribution in [0.5, 0.6) is 0 Å². The molecule has 3 heteroatoms. The molecular formula is C13H25NO2. The molecule has 1 rings (SSSR count). The first-order valence-corrected chi connectivity index (χ1v) is 6.21. The Hall–Kier alpha value is -0.570. The molecule has 1 saturated carbocycles. The molecule has 2 N–H and O–H groups in total. The zero-order valence-corrected chi connectivity index (χ0v) is 11.0. The van der Waals surface area contributed by atoms with Crippen LogP contribution >= 0.6 is 0 Å². The van der Waals surface area contributed by atoms with Crippen LogP contribution in [-0.4, -0.2) is 18.1 Å². The summed E-state index contributed by atoms with van der Waals surface area (Å²) in [6.07, 6.45) is 3.38. The molecule has 0 amide bonds. The van der Waals surface area contributed by atoms with Gasteiger partial charge in [0.15, 0.2) is 0 Å². The first-order chi connectivity index (χ1) is 7.26. The molecule has 0 bridgehead atoms. The number of hydrogen-bond acceptors (Lipinski definition) is 3. The molecule has 3 nitrogen and oxygen atoms in total. The maximum Gasteiger partial charge on any atom is 0.307 e. The van der Waals surface area contributed by atoms with E-state index in [0.717, 1.165) is 12.8 Å². The van der Waals surface area contributed by atoms with Crippen LogP contribution in [0.15, 0.2) is 0 Å². The molecule has 2 unspecified atom stereocenters. The largest absolute Gasteiger partial charge is 0.466 e. The van der Waals surface area contributed by atoms with Gasteiger partial charge in [-0.05, 0) is 37.5 Å². The standard InChI is InChI=1S/C13H25NO2/c1-5-16-11(15)8-13(14)7-10(2)6-12(3,4)9-13/h10H,5-9,14H2,1-4H3. The monoisotopic (exact) mass is 227 g/mol. The third-order valence-electron chi connectivity index (χ3n) is 3.29. The molecule has 0 aromatic heterocycles. The van der Waals surface area contributed by atoms with Crippen molar-refractivity contribution < 1.29 is 9.53 Å². The van der Waals surface area contributed by atoms with Gasteiger partial charge in [-0.25, -0.2) is 0 Å². The molecule has 0 aliphatic heterocycles. The second kappa shape index (κ2) is 4.74. The van der Waals surface area contributed by atoms with E-state index >= 15 is 0 Å². The number of ether oxygens (including phenoxy) is 1. The number of nitrogens with two attached hydrogens (primary N) is 1. The molecule has 1 aliphatic carbocycles. The highest BCUT2D eigenvalue weighted by molar-refractivity contribution is 5.70. The first-order valence-electron chi connectivity index (χ1n) is 6.21. The van der Waals surface area contributed by atoms with Crippen molar-refractivity contribution in [2.45, 2.75) is 58.9 Å². The van der Waals surface area contributed by atoms with Crippen LogP contribution < -0.4 is 5.73 Å². The summed E-state index contributed by atoms with van der Waals surface area (Å²) in [6, 6.07) is 0. The zero-order chi connectivity index (χ0) is 12.4. The summed E-state index contributed by atoms with van der Waals surface area (Å²) in [5.74, 6) is 0.429. The number of esters is 1. The smallest absolute Gasteiger partial charge is 0.307 e. The van der Waals surface area contributed by atoms with E-state index in [1.807, 2.05) is 6.92 Å². The summed E-state index contributed by atoms with van der Waals surface area (Å²) < 4.78 is 4.99. The summed E-state index contributed by atoms with van der Waals surface area (Å²) in [5.41, 5.74) is 6.22. The van der Waals surface area contributed by atoms with Crippen LogP contribution in [0.4, 0.5) is 0 Å². The van der Waals surface area contributed by atoms with Crippen LogP contribution in [0, 0.1) is 11.3 Å². The van der Waals surface area contributed by atoms with Crippen molar-refractivity contribution in [3.8, 4) is 0 Å². The molecular weight excluding hydrogens is 202 g/mol. The van der Waals surface area contributed by atoms with E-state index in [4.69, 9.17) is 10.5 Å². The lowest BCUT2D eigenvalue weighted by atomic mass is 9.64. The molecule has 1 aliphatic rings. The molecule has 0 radical (unpaired) electrons. The van der Waals surface area contributed by atoms with Crippen LogP contribution in [0.3, 0.4) is 0 Å². The summed E-state index contributed by atoms with van der Waals surface area (Å²) >= 11 is 0. The fourth-order valence-electron chi connectivity index (χ4n) is 3.44. The topological polar surface area (TPSA) is 52.3 Å². The van der Waals surface area contributed by atoms with Crippen LogP contribution in [0.1, 0.15) is 53.4 Å². The van der Waals surface area contributed by atoms with Crippen LogP contribution in [-0.2, 0) is 9.53 Å². The lowest BCUT2D eigenvalue weighted by Gasteiger charge is -2.45. The van der Waals surface area contributed by atoms with Crippen molar-refractivity contribution in [1.29, 1.82) is 0 Å². The van der Waals surface area contributed by atoms with Gasteiger partial charge in [0.25, 0.3) is 0 Å². The Balaban J connectivity index is 2.65. The van der Waals surface area contributed by atoms with Crippen molar-refractivity contribution in [2.24, 2.45) is 17.1 Å². The van der Waals surface area contributed by atoms with E-state index < -0.39 is 0 Å². The molecule has 16 heavy (non-hydrogen) atoms. The molecule has 0 aromatic carbocycles. The van der Waals surface area contributed by atoms with Gasteiger partial charge in [-0.3, -0.25) is 4.79 Å². The van der Waals surface area contributed by atoms with Gasteiger partial charge < -0.3 is 10.5 Å². The third-order valence-corrected chi connectivity index (χ3v) is 3.29. The number of hydrogen-bond donors (Lipinski definition) is 1. The Labute approximate surface area is 98.7 Å². The average Bonchev–Trinajstić information content (AvgIpc) is 1.96. The fourth-order valence-corrected chi connectivity index (χ4v) is 3.44. The third kappa shape index (κ3) is 3.78. The predicted molar refractivity (Wildman–Crippen MR) is 65.0 cm³/mol. The number of carbonyl (C=O) groups excluding carboxylic acids is 1. The minimum Gasteiger partial charge on any atom is -0.466 e. The SMILES string of the molecule is CCOC(=O)CC1(N)CC(C)CC(C)(C)C1. The van der Waals surface area contributed by atoms with E-state index in [2.05, 4.69) is 20.8 Å². The normalized spacial score (nSPS) is 33.4. The highest BCUT2D eigenvalue weighted by atomic mass is 16.5. The Bertz CT molecular complexity index is 263. The minimum absolute atomic E-state index is 0.157. The van der Waals surface area contributed by atoms with Crippen molar-refractivity contribution in [3.63, 3.8) is 0 Å². The van der Waals surface area contributed by atoms with E-state index in [9.17, 15) is 4.79 Å². The number of carbonyl (C=O) groups is 1. The predicted octanol–water partition coefficient (Wildman–Crippen LogP) is 2.48. The summed E-state index contributed by atoms with van der Waals surface area (Å²) in [4.78, 5) is 11.5. The van der Waals surface area contributed by atoms with Gasteiger partial charge in [-0.1, -0.05) is 20.8 Å². The van der Waals surface area contributed by atoms with Crippen molar-refractivity contribution >= 4 is 5.97 Å². The Morgan fingerprint density at radius 3 is 2.56 bits per heavy atom. The zero-order valence-electron chi connectivity index (χ0n) is 11.0. The van der Waals surface area contributed by atoms with E-state index in [0.29, 0.717) is 18.9 Å². The summed E-state index contributed by atoms with van der Waals surface area (Å²) in [5, 5.41) is 0. The van der Waals surface area contributed by atoms with Gasteiger partial charge in [0.2, 0.25) is 0 Å². The lowest BCUT2D eigenvalue weighted by molar-refractivity contribution is -0.145. The summed E-state index contributed by atoms with van der Waals surface area (Å²) in [6.45, 7) is 8.95. The first kappa shape index (κ1) is 13.5. The lowest BCUT2D eigenvalue weighted by Crippen LogP contribution is -2.50. The Morgan fingerprint density at radius 1 is 1.44 bits per heavy atom. The van der Waals surface area contributed by atoms with Crippen molar-refractivity contribution in [1.82, 2.24) is 0 Å².